The van der Waals surface area contributed by atoms with Crippen molar-refractivity contribution in [1.82, 2.24) is 19.2 Å². The van der Waals surface area contributed by atoms with Gasteiger partial charge in [-0.15, -0.1) is 10.2 Å². The van der Waals surface area contributed by atoms with E-state index in [4.69, 9.17) is 4.74 Å². The number of nitrogens with zero attached hydrogens (tertiary/aromatic N) is 4. The number of fused-ring (bicyclic) bond motifs is 3. The van der Waals surface area contributed by atoms with Crippen LogP contribution in [0.15, 0.2) is 76.7 Å². The van der Waals surface area contributed by atoms with Crippen molar-refractivity contribution in [2.45, 2.75) is 19.0 Å². The van der Waals surface area contributed by atoms with Crippen molar-refractivity contribution in [1.29, 1.82) is 0 Å². The number of thioether (sulfide) groups is 1. The van der Waals surface area contributed by atoms with E-state index in [1.807, 2.05) is 54.6 Å². The van der Waals surface area contributed by atoms with Crippen molar-refractivity contribution < 1.29 is 9.53 Å². The van der Waals surface area contributed by atoms with Crippen LogP contribution in [0.25, 0.3) is 22.4 Å². The van der Waals surface area contributed by atoms with E-state index < -0.39 is 0 Å². The molecule has 0 atom stereocenters. The van der Waals surface area contributed by atoms with Crippen LogP contribution < -0.4 is 10.3 Å². The number of ether oxygens (including phenoxy) is 1. The van der Waals surface area contributed by atoms with Crippen LogP contribution in [0.3, 0.4) is 0 Å². The average Bonchev–Trinajstić information content (AvgIpc) is 3.29. The summed E-state index contributed by atoms with van der Waals surface area (Å²) in [5.74, 6) is 1.17. The van der Waals surface area contributed by atoms with Gasteiger partial charge < -0.3 is 4.74 Å². The van der Waals surface area contributed by atoms with Crippen LogP contribution >= 0.6 is 11.8 Å². The number of para-hydroxylation sites is 1. The lowest BCUT2D eigenvalue weighted by atomic mass is 10.1. The Morgan fingerprint density at radius 1 is 1.00 bits per heavy atom. The Hall–Kier alpha value is -3.91. The Kier molecular flexibility index (Phi) is 5.67. The molecule has 0 aliphatic carbocycles. The minimum Gasteiger partial charge on any atom is -0.497 e. The lowest BCUT2D eigenvalue weighted by Crippen LogP contribution is -2.22. The molecule has 7 nitrogen and oxygen atoms in total. The van der Waals surface area contributed by atoms with E-state index in [1.165, 1.54) is 11.8 Å². The molecule has 0 fully saturated rings. The maximum absolute atomic E-state index is 13.5. The van der Waals surface area contributed by atoms with Crippen LogP contribution in [-0.4, -0.2) is 37.8 Å². The van der Waals surface area contributed by atoms with Crippen LogP contribution in [0.4, 0.5) is 0 Å². The minimum atomic E-state index is -0.159. The molecule has 0 N–H and O–H groups in total. The molecule has 5 aromatic rings. The van der Waals surface area contributed by atoms with Gasteiger partial charge in [0.1, 0.15) is 5.75 Å². The quantitative estimate of drug-likeness (QED) is 0.266. The standard InChI is InChI=1S/C26H22N4O3S/c1-16-8-6-13-21(17(16)2)29-24(32)20-11-4-5-12-22(20)30-25(29)27-28-26(30)34-15-23(31)18-9-7-10-19(14-18)33-3/h4-14H,15H2,1-3H3. The number of benzene rings is 3. The maximum Gasteiger partial charge on any atom is 0.267 e. The van der Waals surface area contributed by atoms with Gasteiger partial charge in [0.2, 0.25) is 5.78 Å². The van der Waals surface area contributed by atoms with E-state index in [0.29, 0.717) is 33.1 Å². The first-order valence-electron chi connectivity index (χ1n) is 10.7. The SMILES string of the molecule is COc1cccc(C(=O)CSc2nnc3n(-c4cccc(C)c4C)c(=O)c4ccccc4n23)c1. The molecule has 0 saturated heterocycles. The van der Waals surface area contributed by atoms with Crippen molar-refractivity contribution in [3.63, 3.8) is 0 Å². The van der Waals surface area contributed by atoms with Crippen molar-refractivity contribution in [3.8, 4) is 11.4 Å². The summed E-state index contributed by atoms with van der Waals surface area (Å²) in [5.41, 5.74) is 3.94. The zero-order valence-corrected chi connectivity index (χ0v) is 19.8. The Morgan fingerprint density at radius 3 is 2.62 bits per heavy atom. The second kappa shape index (κ2) is 8.79. The van der Waals surface area contributed by atoms with E-state index in [2.05, 4.69) is 10.2 Å². The van der Waals surface area contributed by atoms with Crippen LogP contribution in [0, 0.1) is 13.8 Å². The van der Waals surface area contributed by atoms with Gasteiger partial charge >= 0.3 is 0 Å². The highest BCUT2D eigenvalue weighted by atomic mass is 32.2. The zero-order valence-electron chi connectivity index (χ0n) is 19.0. The van der Waals surface area contributed by atoms with E-state index >= 15 is 0 Å². The van der Waals surface area contributed by atoms with Gasteiger partial charge in [-0.1, -0.05) is 48.2 Å². The number of hydrogen-bond donors (Lipinski definition) is 0. The molecule has 3 aromatic carbocycles. The Balaban J connectivity index is 1.64. The van der Waals surface area contributed by atoms with E-state index in [9.17, 15) is 9.59 Å². The summed E-state index contributed by atoms with van der Waals surface area (Å²) >= 11 is 1.29. The Morgan fingerprint density at radius 2 is 1.79 bits per heavy atom. The van der Waals surface area contributed by atoms with Gasteiger partial charge in [-0.3, -0.25) is 14.0 Å². The van der Waals surface area contributed by atoms with Crippen molar-refractivity contribution in [2.75, 3.05) is 12.9 Å². The van der Waals surface area contributed by atoms with Gasteiger partial charge in [0.15, 0.2) is 10.9 Å². The Labute approximate surface area is 200 Å². The van der Waals surface area contributed by atoms with Crippen molar-refractivity contribution in [2.24, 2.45) is 0 Å². The topological polar surface area (TPSA) is 78.5 Å². The Bertz CT molecular complexity index is 1620. The van der Waals surface area contributed by atoms with Crippen molar-refractivity contribution >= 4 is 34.2 Å². The zero-order chi connectivity index (χ0) is 23.8. The van der Waals surface area contributed by atoms with E-state index in [0.717, 1.165) is 16.8 Å². The third-order valence-corrected chi connectivity index (χ3v) is 6.86. The van der Waals surface area contributed by atoms with Gasteiger partial charge in [0.25, 0.3) is 5.56 Å². The molecule has 2 heterocycles. The van der Waals surface area contributed by atoms with Gasteiger partial charge in [-0.25, -0.2) is 4.57 Å². The summed E-state index contributed by atoms with van der Waals surface area (Å²) in [6.45, 7) is 4.00. The lowest BCUT2D eigenvalue weighted by Gasteiger charge is -2.14. The summed E-state index contributed by atoms with van der Waals surface area (Å²) in [4.78, 5) is 26.4. The van der Waals surface area contributed by atoms with Crippen LogP contribution in [0.2, 0.25) is 0 Å². The molecule has 0 unspecified atom stereocenters. The fraction of sp³-hybridized carbons (Fsp3) is 0.154. The molecule has 170 valence electrons. The fourth-order valence-corrected chi connectivity index (χ4v) is 4.81. The summed E-state index contributed by atoms with van der Waals surface area (Å²) in [5, 5.41) is 9.84. The number of carbonyl (C=O) groups excluding carboxylic acids is 1. The number of hydrogen-bond acceptors (Lipinski definition) is 6. The third kappa shape index (κ3) is 3.66. The van der Waals surface area contributed by atoms with Crippen LogP contribution in [0.5, 0.6) is 5.75 Å². The first-order chi connectivity index (χ1) is 16.5. The second-order valence-electron chi connectivity index (χ2n) is 7.94. The number of methoxy groups -OCH3 is 1. The number of aromatic nitrogens is 4. The first kappa shape index (κ1) is 21.9. The maximum atomic E-state index is 13.5. The van der Waals surface area contributed by atoms with Gasteiger partial charge in [0.05, 0.1) is 29.5 Å². The second-order valence-corrected chi connectivity index (χ2v) is 8.88. The van der Waals surface area contributed by atoms with Gasteiger partial charge in [-0.2, -0.15) is 0 Å². The summed E-state index contributed by atoms with van der Waals surface area (Å²) in [6, 6.07) is 20.3. The van der Waals surface area contributed by atoms with Crippen LogP contribution in [0.1, 0.15) is 21.5 Å². The normalized spacial score (nSPS) is 11.3. The smallest absolute Gasteiger partial charge is 0.267 e. The number of ketones is 1. The average molecular weight is 471 g/mol. The molecule has 0 radical (unpaired) electrons. The largest absolute Gasteiger partial charge is 0.497 e. The predicted octanol–water partition coefficient (Wildman–Crippen LogP) is 4.63. The highest BCUT2D eigenvalue weighted by Gasteiger charge is 2.20. The molecule has 34 heavy (non-hydrogen) atoms. The molecule has 0 spiro atoms. The molecule has 5 rings (SSSR count). The number of aryl methyl sites for hydroxylation is 1. The van der Waals surface area contributed by atoms with Gasteiger partial charge in [0, 0.05) is 5.56 Å². The molecular weight excluding hydrogens is 448 g/mol. The molecule has 8 heteroatoms. The molecule has 2 aromatic heterocycles. The molecule has 0 bridgehead atoms. The first-order valence-corrected chi connectivity index (χ1v) is 11.7. The van der Waals surface area contributed by atoms with E-state index in [-0.39, 0.29) is 17.1 Å². The summed E-state index contributed by atoms with van der Waals surface area (Å²) in [7, 11) is 1.57. The number of rotatable bonds is 6. The predicted molar refractivity (Wildman–Crippen MR) is 134 cm³/mol. The van der Waals surface area contributed by atoms with Crippen molar-refractivity contribution in [3.05, 3.63) is 93.8 Å². The molecule has 0 aliphatic heterocycles. The number of carbonyl (C=O) groups is 1. The monoisotopic (exact) mass is 470 g/mol. The summed E-state index contributed by atoms with van der Waals surface area (Å²) in [6.07, 6.45) is 0. The minimum absolute atomic E-state index is 0.0483. The van der Waals surface area contributed by atoms with Gasteiger partial charge in [-0.05, 0) is 55.3 Å². The third-order valence-electron chi connectivity index (χ3n) is 5.94. The highest BCUT2D eigenvalue weighted by Crippen LogP contribution is 2.26. The fourth-order valence-electron chi connectivity index (χ4n) is 3.98. The van der Waals surface area contributed by atoms with E-state index in [1.54, 1.807) is 42.0 Å². The molecular formula is C26H22N4O3S. The molecule has 0 amide bonds. The molecule has 0 aliphatic rings. The lowest BCUT2D eigenvalue weighted by molar-refractivity contribution is 0.102. The molecule has 0 saturated carbocycles. The summed E-state index contributed by atoms with van der Waals surface area (Å²) < 4.78 is 8.68. The highest BCUT2D eigenvalue weighted by molar-refractivity contribution is 7.99. The number of Topliss-reactive ketones (excluding diaryl/α,β-unsaturated/α-hetero) is 1. The van der Waals surface area contributed by atoms with Crippen LogP contribution in [-0.2, 0) is 0 Å².